The van der Waals surface area contributed by atoms with Crippen LogP contribution in [0.15, 0.2) is 91.0 Å². The van der Waals surface area contributed by atoms with Gasteiger partial charge in [0.2, 0.25) is 0 Å². The maximum atomic E-state index is 2.31. The Bertz CT molecular complexity index is 758. The summed E-state index contributed by atoms with van der Waals surface area (Å²) in [5.74, 6) is 0. The second kappa shape index (κ2) is 29.9. The van der Waals surface area contributed by atoms with Gasteiger partial charge >= 0.3 is 0 Å². The second-order valence-electron chi connectivity index (χ2n) is 9.91. The zero-order valence-electron chi connectivity index (χ0n) is 27.8. The second-order valence-corrected chi connectivity index (χ2v) is 23.3. The molecule has 0 fully saturated rings. The molecule has 0 saturated heterocycles. The van der Waals surface area contributed by atoms with E-state index >= 15 is 0 Å². The molecule has 0 bridgehead atoms. The summed E-state index contributed by atoms with van der Waals surface area (Å²) in [6.45, 7) is 20.8. The van der Waals surface area contributed by atoms with Crippen LogP contribution < -0.4 is 15.9 Å². The fraction of sp³-hybridized carbons (Fsp3) is 0.500. The average molecular weight is 679 g/mol. The van der Waals surface area contributed by atoms with Crippen LogP contribution in [0.25, 0.3) is 0 Å². The molecule has 234 valence electrons. The van der Waals surface area contributed by atoms with Gasteiger partial charge in [0.25, 0.3) is 0 Å². The van der Waals surface area contributed by atoms with Crippen molar-refractivity contribution in [3.63, 3.8) is 0 Å². The maximum Gasteiger partial charge on any atom is 0.102 e. The summed E-state index contributed by atoms with van der Waals surface area (Å²) >= 11 is 0. The van der Waals surface area contributed by atoms with E-state index < -0.39 is 7.92 Å². The van der Waals surface area contributed by atoms with Crippen molar-refractivity contribution in [2.45, 2.75) is 62.3 Å². The van der Waals surface area contributed by atoms with Gasteiger partial charge in [0.15, 0.2) is 0 Å². The van der Waals surface area contributed by atoms with Crippen LogP contribution in [0.5, 0.6) is 0 Å². The Morgan fingerprint density at radius 2 is 0.488 bits per heavy atom. The minimum absolute atomic E-state index is 0. The Morgan fingerprint density at radius 1 is 0.317 bits per heavy atom. The van der Waals surface area contributed by atoms with Gasteiger partial charge < -0.3 is 0 Å². The van der Waals surface area contributed by atoms with Gasteiger partial charge in [0.05, 0.1) is 63.4 Å². The van der Waals surface area contributed by atoms with Crippen molar-refractivity contribution < 1.29 is 16.5 Å². The first-order valence-electron chi connectivity index (χ1n) is 16.0. The van der Waals surface area contributed by atoms with Crippen LogP contribution in [0.1, 0.15) is 62.3 Å². The molecule has 0 nitrogen and oxygen atoms in total. The summed E-state index contributed by atoms with van der Waals surface area (Å²) in [4.78, 5) is 0. The third-order valence-electron chi connectivity index (χ3n) is 7.69. The summed E-state index contributed by atoms with van der Waals surface area (Å²) in [5.41, 5.74) is 0. The zero-order valence-corrected chi connectivity index (χ0v) is 32.8. The van der Waals surface area contributed by atoms with Gasteiger partial charge in [0.1, 0.15) is 15.9 Å². The van der Waals surface area contributed by atoms with Crippen molar-refractivity contribution >= 4 is 47.6 Å². The minimum Gasteiger partial charge on any atom is -0.0620 e. The number of rotatable bonds is 12. The molecule has 5 heteroatoms. The molecule has 3 rings (SSSR count). The average Bonchev–Trinajstić information content (AvgIpc) is 3.03. The third kappa shape index (κ3) is 19.7. The number of hydrogen-bond donors (Lipinski definition) is 0. The summed E-state index contributed by atoms with van der Waals surface area (Å²) < 4.78 is 0. The molecule has 0 aromatic heterocycles. The monoisotopic (exact) mass is 678 g/mol. The Balaban J connectivity index is 0. The Hall–Kier alpha value is -0.126. The summed E-state index contributed by atoms with van der Waals surface area (Å²) in [5, 5.41) is 4.31. The molecule has 0 aliphatic carbocycles. The maximum absolute atomic E-state index is 2.31. The molecule has 0 radical (unpaired) electrons. The van der Waals surface area contributed by atoms with Crippen molar-refractivity contribution in [1.29, 1.82) is 0 Å². The van der Waals surface area contributed by atoms with Gasteiger partial charge in [-0.15, -0.1) is 0 Å². The van der Waals surface area contributed by atoms with Crippen LogP contribution in [-0.2, 0) is 16.5 Å². The Morgan fingerprint density at radius 3 is 0.610 bits per heavy atom. The molecular formula is C36H64NiP4+4. The van der Waals surface area contributed by atoms with Crippen molar-refractivity contribution in [3.05, 3.63) is 91.0 Å². The zero-order chi connectivity index (χ0) is 30.0. The van der Waals surface area contributed by atoms with E-state index in [1.54, 1.807) is 0 Å². The van der Waals surface area contributed by atoms with E-state index in [1.165, 1.54) is 71.4 Å². The molecule has 0 atom stereocenters. The van der Waals surface area contributed by atoms with Crippen molar-refractivity contribution in [1.82, 2.24) is 0 Å². The molecular weight excluding hydrogens is 615 g/mol. The Kier molecular flexibility index (Phi) is 31.4. The largest absolute Gasteiger partial charge is 0.102 e. The molecule has 0 aliphatic rings. The van der Waals surface area contributed by atoms with E-state index in [-0.39, 0.29) is 40.3 Å². The molecule has 0 aliphatic heterocycles. The first kappa shape index (κ1) is 43.0. The van der Waals surface area contributed by atoms with Gasteiger partial charge in [-0.3, -0.25) is 0 Å². The first-order chi connectivity index (χ1) is 19.5. The van der Waals surface area contributed by atoms with Crippen molar-refractivity contribution in [2.24, 2.45) is 0 Å². The molecule has 0 heterocycles. The van der Waals surface area contributed by atoms with E-state index in [4.69, 9.17) is 0 Å². The van der Waals surface area contributed by atoms with Crippen LogP contribution in [0.3, 0.4) is 0 Å². The van der Waals surface area contributed by atoms with Gasteiger partial charge in [-0.1, -0.05) is 54.6 Å². The van der Waals surface area contributed by atoms with Crippen LogP contribution in [0.4, 0.5) is 0 Å². The molecule has 0 amide bonds. The summed E-state index contributed by atoms with van der Waals surface area (Å²) in [6.07, 6.45) is 13.1. The SMILES string of the molecule is CC[PH+](CC)CC.CC[PH+](CC)CC.CC[PH+](CC)CC.[Ni].c1ccc([PH+](c2ccccc2)c2ccccc2)cc1. The summed E-state index contributed by atoms with van der Waals surface area (Å²) in [6, 6.07) is 32.5. The standard InChI is InChI=1S/C18H15P.3C6H15P.Ni/c1-4-10-16(11-5-1)19(17-12-6-2-7-13-17)18-14-8-3-9-15-18;3*1-4-7(5-2)6-3;/h1-15H;3*4-6H2,1-3H3;/p+4. The van der Waals surface area contributed by atoms with Gasteiger partial charge in [-0.05, 0) is 122 Å². The van der Waals surface area contributed by atoms with Crippen LogP contribution in [0.2, 0.25) is 0 Å². The molecule has 41 heavy (non-hydrogen) atoms. The third-order valence-corrected chi connectivity index (χ3v) is 19.4. The smallest absolute Gasteiger partial charge is 0.0620 e. The van der Waals surface area contributed by atoms with E-state index in [9.17, 15) is 0 Å². The molecule has 0 unspecified atom stereocenters. The predicted octanol–water partition coefficient (Wildman–Crippen LogP) is 9.96. The van der Waals surface area contributed by atoms with E-state index in [0.29, 0.717) is 0 Å². The fourth-order valence-corrected chi connectivity index (χ4v) is 11.6. The van der Waals surface area contributed by atoms with E-state index in [1.807, 2.05) is 0 Å². The van der Waals surface area contributed by atoms with Crippen LogP contribution in [0, 0.1) is 0 Å². The summed E-state index contributed by atoms with van der Waals surface area (Å²) in [7, 11) is -0.465. The Labute approximate surface area is 271 Å². The topological polar surface area (TPSA) is 0 Å². The molecule has 0 N–H and O–H groups in total. The number of hydrogen-bond acceptors (Lipinski definition) is 0. The molecule has 0 saturated carbocycles. The van der Waals surface area contributed by atoms with Crippen LogP contribution in [-0.4, -0.2) is 55.5 Å². The van der Waals surface area contributed by atoms with Crippen LogP contribution >= 0.6 is 31.7 Å². The van der Waals surface area contributed by atoms with Crippen molar-refractivity contribution in [2.75, 3.05) is 55.5 Å². The van der Waals surface area contributed by atoms with Gasteiger partial charge in [-0.2, -0.15) is 0 Å². The fourth-order valence-electron chi connectivity index (χ4n) is 4.56. The normalized spacial score (nSPS) is 10.2. The van der Waals surface area contributed by atoms with E-state index in [2.05, 4.69) is 153 Å². The predicted molar refractivity (Wildman–Crippen MR) is 206 cm³/mol. The molecule has 3 aromatic rings. The van der Waals surface area contributed by atoms with Crippen molar-refractivity contribution in [3.8, 4) is 0 Å². The minimum atomic E-state index is -0.877. The van der Waals surface area contributed by atoms with E-state index in [0.717, 1.165) is 0 Å². The quantitative estimate of drug-likeness (QED) is 0.132. The number of benzene rings is 3. The molecule has 0 spiro atoms. The molecule has 3 aromatic carbocycles. The van der Waals surface area contributed by atoms with Gasteiger partial charge in [0, 0.05) is 16.5 Å². The van der Waals surface area contributed by atoms with Gasteiger partial charge in [-0.25, -0.2) is 0 Å². The first-order valence-corrected chi connectivity index (χ1v) is 23.9.